The first kappa shape index (κ1) is 14.6. The molecule has 0 fully saturated rings. The molecule has 1 aromatic heterocycles. The Bertz CT molecular complexity index is 517. The summed E-state index contributed by atoms with van der Waals surface area (Å²) in [5, 5.41) is 7.54. The molecule has 0 saturated carbocycles. The number of aromatic nitrogens is 2. The summed E-state index contributed by atoms with van der Waals surface area (Å²) in [5.41, 5.74) is 2.46. The molecule has 4 heteroatoms. The monoisotopic (exact) mass is 273 g/mol. The zero-order chi connectivity index (χ0) is 14.4. The summed E-state index contributed by atoms with van der Waals surface area (Å²) in [6.45, 7) is 5.86. The number of hydrogen-bond acceptors (Lipinski definition) is 3. The molecule has 0 bridgehead atoms. The average Bonchev–Trinajstić information content (AvgIpc) is 2.83. The molecule has 0 aliphatic rings. The van der Waals surface area contributed by atoms with Crippen LogP contribution in [0.4, 0.5) is 0 Å². The molecule has 2 aromatic rings. The molecule has 0 aliphatic carbocycles. The molecule has 4 nitrogen and oxygen atoms in total. The lowest BCUT2D eigenvalue weighted by Crippen LogP contribution is -2.21. The zero-order valence-electron chi connectivity index (χ0n) is 12.5. The fraction of sp³-hybridized carbons (Fsp3) is 0.438. The van der Waals surface area contributed by atoms with Gasteiger partial charge in [0.2, 0.25) is 0 Å². The van der Waals surface area contributed by atoms with Gasteiger partial charge in [0.05, 0.1) is 6.61 Å². The van der Waals surface area contributed by atoms with Gasteiger partial charge in [-0.1, -0.05) is 26.0 Å². The van der Waals surface area contributed by atoms with Crippen molar-refractivity contribution in [1.29, 1.82) is 0 Å². The third-order valence-corrected chi connectivity index (χ3v) is 3.19. The van der Waals surface area contributed by atoms with Crippen LogP contribution in [-0.4, -0.2) is 22.4 Å². The Labute approximate surface area is 120 Å². The van der Waals surface area contributed by atoms with Gasteiger partial charge >= 0.3 is 0 Å². The fourth-order valence-electron chi connectivity index (χ4n) is 1.95. The van der Waals surface area contributed by atoms with Gasteiger partial charge < -0.3 is 10.1 Å². The van der Waals surface area contributed by atoms with E-state index in [1.165, 1.54) is 11.3 Å². The standard InChI is InChI=1S/C16H23N3O/c1-13(2)17-12-14-4-6-16(7-5-14)20-11-9-15-8-10-18-19(15)3/h4-8,10,13,17H,9,11-12H2,1-3H3. The Morgan fingerprint density at radius 3 is 2.55 bits per heavy atom. The van der Waals surface area contributed by atoms with E-state index >= 15 is 0 Å². The van der Waals surface area contributed by atoms with E-state index in [9.17, 15) is 0 Å². The van der Waals surface area contributed by atoms with E-state index < -0.39 is 0 Å². The van der Waals surface area contributed by atoms with Crippen molar-refractivity contribution in [2.24, 2.45) is 7.05 Å². The van der Waals surface area contributed by atoms with Crippen LogP contribution >= 0.6 is 0 Å². The molecule has 1 N–H and O–H groups in total. The molecule has 0 amide bonds. The number of nitrogens with one attached hydrogen (secondary N) is 1. The predicted molar refractivity (Wildman–Crippen MR) is 80.8 cm³/mol. The Morgan fingerprint density at radius 1 is 1.20 bits per heavy atom. The molecule has 0 unspecified atom stereocenters. The van der Waals surface area contributed by atoms with E-state index in [-0.39, 0.29) is 0 Å². The molecular formula is C16H23N3O. The lowest BCUT2D eigenvalue weighted by molar-refractivity contribution is 0.318. The summed E-state index contributed by atoms with van der Waals surface area (Å²) in [4.78, 5) is 0. The van der Waals surface area contributed by atoms with Crippen molar-refractivity contribution in [3.8, 4) is 5.75 Å². The third-order valence-electron chi connectivity index (χ3n) is 3.19. The fourth-order valence-corrected chi connectivity index (χ4v) is 1.95. The van der Waals surface area contributed by atoms with Crippen molar-refractivity contribution in [3.05, 3.63) is 47.8 Å². The molecule has 1 heterocycles. The minimum atomic E-state index is 0.504. The van der Waals surface area contributed by atoms with Gasteiger partial charge in [-0.15, -0.1) is 0 Å². The Balaban J connectivity index is 1.77. The van der Waals surface area contributed by atoms with Gasteiger partial charge in [-0.3, -0.25) is 4.68 Å². The lowest BCUT2D eigenvalue weighted by atomic mass is 10.2. The molecule has 20 heavy (non-hydrogen) atoms. The van der Waals surface area contributed by atoms with Gasteiger partial charge in [0.25, 0.3) is 0 Å². The molecule has 0 radical (unpaired) electrons. The van der Waals surface area contributed by atoms with Gasteiger partial charge in [0.1, 0.15) is 5.75 Å². The summed E-state index contributed by atoms with van der Waals surface area (Å²) in [7, 11) is 1.95. The summed E-state index contributed by atoms with van der Waals surface area (Å²) in [5.74, 6) is 0.917. The van der Waals surface area contributed by atoms with Crippen molar-refractivity contribution < 1.29 is 4.74 Å². The van der Waals surface area contributed by atoms with Crippen LogP contribution < -0.4 is 10.1 Å². The molecule has 0 atom stereocenters. The number of aryl methyl sites for hydroxylation is 1. The van der Waals surface area contributed by atoms with Crippen LogP contribution in [0.1, 0.15) is 25.1 Å². The highest BCUT2D eigenvalue weighted by molar-refractivity contribution is 5.27. The van der Waals surface area contributed by atoms with Crippen molar-refractivity contribution in [2.45, 2.75) is 32.9 Å². The van der Waals surface area contributed by atoms with E-state index in [1.54, 1.807) is 0 Å². The highest BCUT2D eigenvalue weighted by Crippen LogP contribution is 2.12. The average molecular weight is 273 g/mol. The maximum atomic E-state index is 5.75. The number of hydrogen-bond donors (Lipinski definition) is 1. The van der Waals surface area contributed by atoms with Crippen LogP contribution in [0.15, 0.2) is 36.5 Å². The van der Waals surface area contributed by atoms with Crippen molar-refractivity contribution >= 4 is 0 Å². The lowest BCUT2D eigenvalue weighted by Gasteiger charge is -2.10. The van der Waals surface area contributed by atoms with Crippen LogP contribution in [0.5, 0.6) is 5.75 Å². The molecule has 0 aliphatic heterocycles. The van der Waals surface area contributed by atoms with E-state index in [0.29, 0.717) is 12.6 Å². The smallest absolute Gasteiger partial charge is 0.119 e. The predicted octanol–water partition coefficient (Wildman–Crippen LogP) is 2.54. The molecule has 108 valence electrons. The number of ether oxygens (including phenoxy) is 1. The Kier molecular flexibility index (Phi) is 5.18. The van der Waals surface area contributed by atoms with Crippen LogP contribution in [0.3, 0.4) is 0 Å². The number of benzene rings is 1. The second kappa shape index (κ2) is 7.10. The van der Waals surface area contributed by atoms with Crippen LogP contribution in [0, 0.1) is 0 Å². The topological polar surface area (TPSA) is 39.1 Å². The van der Waals surface area contributed by atoms with Gasteiger partial charge in [0.15, 0.2) is 0 Å². The highest BCUT2D eigenvalue weighted by atomic mass is 16.5. The zero-order valence-corrected chi connectivity index (χ0v) is 12.5. The quantitative estimate of drug-likeness (QED) is 0.842. The van der Waals surface area contributed by atoms with Crippen molar-refractivity contribution in [1.82, 2.24) is 15.1 Å². The first-order chi connectivity index (χ1) is 9.65. The van der Waals surface area contributed by atoms with E-state index in [0.717, 1.165) is 18.7 Å². The molecular weight excluding hydrogens is 250 g/mol. The van der Waals surface area contributed by atoms with Gasteiger partial charge in [0, 0.05) is 37.9 Å². The first-order valence-corrected chi connectivity index (χ1v) is 7.07. The molecule has 2 rings (SSSR count). The second-order valence-electron chi connectivity index (χ2n) is 5.22. The number of rotatable bonds is 7. The molecule has 1 aromatic carbocycles. The summed E-state index contributed by atoms with van der Waals surface area (Å²) >= 11 is 0. The van der Waals surface area contributed by atoms with Crippen LogP contribution in [0.25, 0.3) is 0 Å². The maximum absolute atomic E-state index is 5.75. The van der Waals surface area contributed by atoms with Crippen LogP contribution in [0.2, 0.25) is 0 Å². The van der Waals surface area contributed by atoms with Crippen LogP contribution in [-0.2, 0) is 20.0 Å². The highest BCUT2D eigenvalue weighted by Gasteiger charge is 2.00. The van der Waals surface area contributed by atoms with Gasteiger partial charge in [-0.05, 0) is 23.8 Å². The van der Waals surface area contributed by atoms with E-state index in [2.05, 4.69) is 36.4 Å². The van der Waals surface area contributed by atoms with Gasteiger partial charge in [-0.2, -0.15) is 5.10 Å². The van der Waals surface area contributed by atoms with E-state index in [4.69, 9.17) is 4.74 Å². The minimum Gasteiger partial charge on any atom is -0.493 e. The van der Waals surface area contributed by atoms with E-state index in [1.807, 2.05) is 36.1 Å². The normalized spacial score (nSPS) is 11.0. The number of nitrogens with zero attached hydrogens (tertiary/aromatic N) is 2. The van der Waals surface area contributed by atoms with Crippen molar-refractivity contribution in [2.75, 3.05) is 6.61 Å². The summed E-state index contributed by atoms with van der Waals surface area (Å²) < 4.78 is 7.63. The summed E-state index contributed by atoms with van der Waals surface area (Å²) in [6.07, 6.45) is 2.68. The Morgan fingerprint density at radius 2 is 1.95 bits per heavy atom. The maximum Gasteiger partial charge on any atom is 0.119 e. The Hall–Kier alpha value is -1.81. The SMILES string of the molecule is CC(C)NCc1ccc(OCCc2ccnn2C)cc1. The van der Waals surface area contributed by atoms with Gasteiger partial charge in [-0.25, -0.2) is 0 Å². The summed E-state index contributed by atoms with van der Waals surface area (Å²) in [6, 6.07) is 10.8. The third kappa shape index (κ3) is 4.38. The molecule has 0 saturated heterocycles. The second-order valence-corrected chi connectivity index (χ2v) is 5.22. The first-order valence-electron chi connectivity index (χ1n) is 7.07. The minimum absolute atomic E-state index is 0.504. The largest absolute Gasteiger partial charge is 0.493 e. The van der Waals surface area contributed by atoms with Crippen molar-refractivity contribution in [3.63, 3.8) is 0 Å². The molecule has 0 spiro atoms.